The van der Waals surface area contributed by atoms with Crippen LogP contribution in [0.15, 0.2) is 59.3 Å². The minimum absolute atomic E-state index is 0.0586. The quantitative estimate of drug-likeness (QED) is 0.399. The average Bonchev–Trinajstić information content (AvgIpc) is 3.59. The van der Waals surface area contributed by atoms with Crippen molar-refractivity contribution in [3.05, 3.63) is 64.2 Å². The van der Waals surface area contributed by atoms with Crippen LogP contribution in [0.25, 0.3) is 27.3 Å². The van der Waals surface area contributed by atoms with Gasteiger partial charge in [-0.15, -0.1) is 32.9 Å². The van der Waals surface area contributed by atoms with E-state index in [1.54, 1.807) is 11.3 Å². The first kappa shape index (κ1) is 19.4. The standard InChI is InChI=1S/C23H20N6OS2/c1-15-14-27(10-11-28(15)22(30)19-9-5-13-32-19)23-24-17-7-3-2-6-16(17)20-25-26-21(29(20)23)18-8-4-12-31-18/h2-9,12-13,15H,10-11,14H2,1H3/t15-/m1/s1. The molecule has 0 bridgehead atoms. The van der Waals surface area contributed by atoms with Crippen molar-refractivity contribution in [1.29, 1.82) is 0 Å². The third-order valence-electron chi connectivity index (χ3n) is 5.87. The van der Waals surface area contributed by atoms with Crippen LogP contribution in [0.5, 0.6) is 0 Å². The number of carbonyl (C=O) groups excluding carboxylic acids is 1. The molecule has 1 aliphatic rings. The third kappa shape index (κ3) is 3.08. The molecule has 5 heterocycles. The Bertz CT molecular complexity index is 1410. The van der Waals surface area contributed by atoms with Gasteiger partial charge in [0.25, 0.3) is 5.91 Å². The number of rotatable bonds is 3. The summed E-state index contributed by atoms with van der Waals surface area (Å²) in [6, 6.07) is 16.0. The Balaban J connectivity index is 1.43. The second-order valence-electron chi connectivity index (χ2n) is 7.86. The number of anilines is 1. The zero-order valence-corrected chi connectivity index (χ0v) is 19.0. The molecule has 6 rings (SSSR count). The Kier molecular flexibility index (Phi) is 4.65. The molecule has 0 spiro atoms. The molecule has 1 atom stereocenters. The molecule has 1 amide bonds. The van der Waals surface area contributed by atoms with Gasteiger partial charge in [0, 0.05) is 31.1 Å². The van der Waals surface area contributed by atoms with Gasteiger partial charge in [-0.1, -0.05) is 24.3 Å². The van der Waals surface area contributed by atoms with Gasteiger partial charge in [0.05, 0.1) is 15.3 Å². The summed E-state index contributed by atoms with van der Waals surface area (Å²) in [7, 11) is 0. The molecule has 1 aliphatic heterocycles. The summed E-state index contributed by atoms with van der Waals surface area (Å²) in [5, 5.41) is 14.0. The number of carbonyl (C=O) groups is 1. The molecule has 0 saturated carbocycles. The largest absolute Gasteiger partial charge is 0.338 e. The molecule has 0 N–H and O–H groups in total. The minimum Gasteiger partial charge on any atom is -0.338 e. The summed E-state index contributed by atoms with van der Waals surface area (Å²) in [5.41, 5.74) is 1.70. The van der Waals surface area contributed by atoms with E-state index in [2.05, 4.69) is 32.5 Å². The minimum atomic E-state index is 0.0586. The second-order valence-corrected chi connectivity index (χ2v) is 9.76. The molecule has 0 aliphatic carbocycles. The fourth-order valence-corrected chi connectivity index (χ4v) is 5.70. The maximum atomic E-state index is 12.9. The average molecular weight is 461 g/mol. The fourth-order valence-electron chi connectivity index (χ4n) is 4.33. The van der Waals surface area contributed by atoms with Crippen LogP contribution >= 0.6 is 22.7 Å². The van der Waals surface area contributed by atoms with Gasteiger partial charge in [0.15, 0.2) is 11.5 Å². The zero-order valence-electron chi connectivity index (χ0n) is 17.4. The third-order valence-corrected chi connectivity index (χ3v) is 7.60. The Morgan fingerprint density at radius 2 is 1.84 bits per heavy atom. The van der Waals surface area contributed by atoms with Crippen molar-refractivity contribution in [1.82, 2.24) is 24.5 Å². The molecular weight excluding hydrogens is 440 g/mol. The Morgan fingerprint density at radius 3 is 2.62 bits per heavy atom. The number of thiophene rings is 2. The van der Waals surface area contributed by atoms with E-state index in [-0.39, 0.29) is 11.9 Å². The number of aromatic nitrogens is 4. The van der Waals surface area contributed by atoms with Crippen LogP contribution in [0.3, 0.4) is 0 Å². The van der Waals surface area contributed by atoms with Crippen molar-refractivity contribution in [3.63, 3.8) is 0 Å². The first-order valence-corrected chi connectivity index (χ1v) is 12.2. The molecular formula is C23H20N6OS2. The first-order valence-electron chi connectivity index (χ1n) is 10.5. The number of amides is 1. The molecule has 1 fully saturated rings. The van der Waals surface area contributed by atoms with Gasteiger partial charge in [-0.3, -0.25) is 4.79 Å². The lowest BCUT2D eigenvalue weighted by Crippen LogP contribution is -2.54. The molecule has 5 aromatic rings. The van der Waals surface area contributed by atoms with Gasteiger partial charge < -0.3 is 9.80 Å². The molecule has 7 nitrogen and oxygen atoms in total. The topological polar surface area (TPSA) is 66.6 Å². The van der Waals surface area contributed by atoms with E-state index in [9.17, 15) is 4.79 Å². The van der Waals surface area contributed by atoms with Crippen LogP contribution in [-0.4, -0.2) is 56.1 Å². The molecule has 0 radical (unpaired) electrons. The van der Waals surface area contributed by atoms with Crippen molar-refractivity contribution in [3.8, 4) is 10.7 Å². The van der Waals surface area contributed by atoms with Crippen LogP contribution in [0.2, 0.25) is 0 Å². The van der Waals surface area contributed by atoms with Crippen molar-refractivity contribution in [2.45, 2.75) is 13.0 Å². The Labute approximate surface area is 192 Å². The van der Waals surface area contributed by atoms with E-state index in [4.69, 9.17) is 4.98 Å². The van der Waals surface area contributed by atoms with Crippen LogP contribution in [0, 0.1) is 0 Å². The van der Waals surface area contributed by atoms with Crippen LogP contribution in [-0.2, 0) is 0 Å². The number of para-hydroxylation sites is 1. The Morgan fingerprint density at radius 1 is 1.00 bits per heavy atom. The fraction of sp³-hybridized carbons (Fsp3) is 0.217. The molecule has 1 saturated heterocycles. The van der Waals surface area contributed by atoms with Crippen molar-refractivity contribution < 1.29 is 4.79 Å². The maximum absolute atomic E-state index is 12.9. The van der Waals surface area contributed by atoms with Gasteiger partial charge in [0.1, 0.15) is 0 Å². The number of hydrogen-bond donors (Lipinski definition) is 0. The smallest absolute Gasteiger partial charge is 0.264 e. The van der Waals surface area contributed by atoms with Gasteiger partial charge in [-0.2, -0.15) is 0 Å². The van der Waals surface area contributed by atoms with E-state index < -0.39 is 0 Å². The van der Waals surface area contributed by atoms with Crippen LogP contribution < -0.4 is 4.90 Å². The van der Waals surface area contributed by atoms with E-state index in [0.29, 0.717) is 19.6 Å². The Hall–Kier alpha value is -3.30. The van der Waals surface area contributed by atoms with Crippen LogP contribution in [0.4, 0.5) is 5.95 Å². The first-order chi connectivity index (χ1) is 15.7. The second kappa shape index (κ2) is 7.68. The number of nitrogens with zero attached hydrogens (tertiary/aromatic N) is 6. The SMILES string of the molecule is C[C@@H]1CN(c2nc3ccccc3c3nnc(-c4cccs4)n23)CCN1C(=O)c1cccs1. The highest BCUT2D eigenvalue weighted by atomic mass is 32.1. The molecule has 9 heteroatoms. The van der Waals surface area contributed by atoms with Crippen molar-refractivity contribution >= 4 is 51.1 Å². The number of fused-ring (bicyclic) bond motifs is 3. The number of hydrogen-bond acceptors (Lipinski definition) is 7. The lowest BCUT2D eigenvalue weighted by Gasteiger charge is -2.40. The molecule has 32 heavy (non-hydrogen) atoms. The maximum Gasteiger partial charge on any atom is 0.264 e. The van der Waals surface area contributed by atoms with Crippen LogP contribution in [0.1, 0.15) is 16.6 Å². The summed E-state index contributed by atoms with van der Waals surface area (Å²) in [4.78, 5) is 24.0. The van der Waals surface area contributed by atoms with Gasteiger partial charge in [-0.25, -0.2) is 9.38 Å². The van der Waals surface area contributed by atoms with E-state index in [1.807, 2.05) is 58.1 Å². The number of piperazine rings is 1. The highest BCUT2D eigenvalue weighted by Crippen LogP contribution is 2.31. The summed E-state index contributed by atoms with van der Waals surface area (Å²) in [5.74, 6) is 1.72. The van der Waals surface area contributed by atoms with E-state index in [1.165, 1.54) is 11.3 Å². The monoisotopic (exact) mass is 460 g/mol. The molecule has 4 aromatic heterocycles. The van der Waals surface area contributed by atoms with Gasteiger partial charge >= 0.3 is 0 Å². The highest BCUT2D eigenvalue weighted by molar-refractivity contribution is 7.13. The molecule has 160 valence electrons. The molecule has 0 unspecified atom stereocenters. The van der Waals surface area contributed by atoms with Crippen molar-refractivity contribution in [2.24, 2.45) is 0 Å². The number of benzene rings is 1. The lowest BCUT2D eigenvalue weighted by molar-refractivity contribution is 0.0678. The molecule has 1 aromatic carbocycles. The van der Waals surface area contributed by atoms with E-state index in [0.717, 1.165) is 38.1 Å². The lowest BCUT2D eigenvalue weighted by atomic mass is 10.2. The van der Waals surface area contributed by atoms with E-state index >= 15 is 0 Å². The summed E-state index contributed by atoms with van der Waals surface area (Å²) in [6.45, 7) is 4.14. The zero-order chi connectivity index (χ0) is 21.7. The highest BCUT2D eigenvalue weighted by Gasteiger charge is 2.31. The van der Waals surface area contributed by atoms with Gasteiger partial charge in [-0.05, 0) is 41.9 Å². The predicted octanol–water partition coefficient (Wildman–Crippen LogP) is 4.42. The summed E-state index contributed by atoms with van der Waals surface area (Å²) in [6.07, 6.45) is 0. The normalized spacial score (nSPS) is 16.8. The predicted molar refractivity (Wildman–Crippen MR) is 129 cm³/mol. The van der Waals surface area contributed by atoms with Crippen molar-refractivity contribution in [2.75, 3.05) is 24.5 Å². The summed E-state index contributed by atoms with van der Waals surface area (Å²) >= 11 is 3.13. The summed E-state index contributed by atoms with van der Waals surface area (Å²) < 4.78 is 2.07. The van der Waals surface area contributed by atoms with Gasteiger partial charge in [0.2, 0.25) is 5.95 Å².